The van der Waals surface area contributed by atoms with Crippen LogP contribution in [0.1, 0.15) is 74.2 Å². The number of carbonyl (C=O) groups is 1. The molecule has 1 aromatic carbocycles. The number of rotatable bonds is 6. The van der Waals surface area contributed by atoms with E-state index in [1.54, 1.807) is 0 Å². The van der Waals surface area contributed by atoms with E-state index in [0.29, 0.717) is 29.5 Å². The molecule has 3 aliphatic carbocycles. The molecular weight excluding hydrogens is 388 g/mol. The summed E-state index contributed by atoms with van der Waals surface area (Å²) < 4.78 is 2.26. The Morgan fingerprint density at radius 2 is 1.65 bits per heavy atom. The van der Waals surface area contributed by atoms with Gasteiger partial charge >= 0.3 is 0 Å². The lowest BCUT2D eigenvalue weighted by molar-refractivity contribution is 0.0951. The molecule has 3 fully saturated rings. The Bertz CT molecular complexity index is 1110. The number of fused-ring (bicyclic) bond motifs is 1. The van der Waals surface area contributed by atoms with Gasteiger partial charge in [0.25, 0.3) is 5.91 Å². The minimum atomic E-state index is -0.00288. The minimum Gasteiger partial charge on any atom is -0.365 e. The predicted octanol–water partition coefficient (Wildman–Crippen LogP) is 4.47. The summed E-state index contributed by atoms with van der Waals surface area (Å²) in [5.74, 6) is 1.51. The molecule has 2 N–H and O–H groups in total. The lowest BCUT2D eigenvalue weighted by Gasteiger charge is -2.23. The number of benzene rings is 1. The highest BCUT2D eigenvalue weighted by molar-refractivity contribution is 5.95. The highest BCUT2D eigenvalue weighted by Crippen LogP contribution is 2.34. The quantitative estimate of drug-likeness (QED) is 0.619. The first-order valence-electron chi connectivity index (χ1n) is 11.7. The SMILES string of the molecule is O=C(NC1CC1)c1ccc(-c2nc(NC3CC3)c3ncn(C4CCCCC4)c3n2)cc1. The summed E-state index contributed by atoms with van der Waals surface area (Å²) in [6, 6.07) is 8.94. The standard InChI is InChI=1S/C24H28N6O/c31-24(27-18-12-13-18)16-8-6-15(7-9-16)21-28-22(26-17-10-11-17)20-23(29-21)30(14-25-20)19-4-2-1-3-5-19/h6-9,14,17-19H,1-5,10-13H2,(H,27,31)(H,26,28,29). The fourth-order valence-corrected chi connectivity index (χ4v) is 4.46. The summed E-state index contributed by atoms with van der Waals surface area (Å²) in [5.41, 5.74) is 3.37. The Balaban J connectivity index is 1.36. The first kappa shape index (κ1) is 18.8. The highest BCUT2D eigenvalue weighted by atomic mass is 16.1. The summed E-state index contributed by atoms with van der Waals surface area (Å²) in [4.78, 5) is 26.8. The van der Waals surface area contributed by atoms with Crippen LogP contribution in [0.2, 0.25) is 0 Å². The number of hydrogen-bond donors (Lipinski definition) is 2. The zero-order valence-electron chi connectivity index (χ0n) is 17.7. The molecule has 0 bridgehead atoms. The van der Waals surface area contributed by atoms with Crippen LogP contribution in [0.5, 0.6) is 0 Å². The number of hydrogen-bond acceptors (Lipinski definition) is 5. The van der Waals surface area contributed by atoms with Crippen molar-refractivity contribution >= 4 is 22.9 Å². The van der Waals surface area contributed by atoms with Gasteiger partial charge in [0.2, 0.25) is 0 Å². The zero-order chi connectivity index (χ0) is 20.8. The van der Waals surface area contributed by atoms with Crippen LogP contribution in [-0.2, 0) is 0 Å². The fourth-order valence-electron chi connectivity index (χ4n) is 4.46. The van der Waals surface area contributed by atoms with Crippen molar-refractivity contribution < 1.29 is 4.79 Å². The maximum absolute atomic E-state index is 12.3. The zero-order valence-corrected chi connectivity index (χ0v) is 17.7. The van der Waals surface area contributed by atoms with Crippen LogP contribution in [0, 0.1) is 0 Å². The second-order valence-electron chi connectivity index (χ2n) is 9.26. The lowest BCUT2D eigenvalue weighted by atomic mass is 9.95. The van der Waals surface area contributed by atoms with Crippen LogP contribution in [0.4, 0.5) is 5.82 Å². The fraction of sp³-hybridized carbons (Fsp3) is 0.500. The summed E-state index contributed by atoms with van der Waals surface area (Å²) in [7, 11) is 0. The van der Waals surface area contributed by atoms with Crippen molar-refractivity contribution in [1.29, 1.82) is 0 Å². The second kappa shape index (κ2) is 7.62. The van der Waals surface area contributed by atoms with Crippen LogP contribution in [0.25, 0.3) is 22.6 Å². The van der Waals surface area contributed by atoms with Crippen LogP contribution in [0.15, 0.2) is 30.6 Å². The normalized spacial score (nSPS) is 19.5. The van der Waals surface area contributed by atoms with Gasteiger partial charge in [-0.1, -0.05) is 31.4 Å². The molecule has 160 valence electrons. The minimum absolute atomic E-state index is 0.00288. The predicted molar refractivity (Wildman–Crippen MR) is 120 cm³/mol. The summed E-state index contributed by atoms with van der Waals surface area (Å²) in [6.45, 7) is 0. The van der Waals surface area contributed by atoms with Crippen molar-refractivity contribution in [3.05, 3.63) is 36.2 Å². The first-order valence-corrected chi connectivity index (χ1v) is 11.7. The molecule has 3 aromatic rings. The van der Waals surface area contributed by atoms with Gasteiger partial charge in [0.1, 0.15) is 5.52 Å². The molecule has 0 unspecified atom stereocenters. The molecule has 7 heteroatoms. The van der Waals surface area contributed by atoms with Crippen molar-refractivity contribution in [1.82, 2.24) is 24.8 Å². The largest absolute Gasteiger partial charge is 0.365 e. The highest BCUT2D eigenvalue weighted by Gasteiger charge is 2.26. The molecule has 3 aliphatic rings. The number of aromatic nitrogens is 4. The molecule has 3 saturated carbocycles. The molecule has 0 atom stereocenters. The van der Waals surface area contributed by atoms with Crippen LogP contribution in [0.3, 0.4) is 0 Å². The molecule has 0 spiro atoms. The molecule has 2 heterocycles. The van der Waals surface area contributed by atoms with Crippen molar-refractivity contribution in [2.45, 2.75) is 75.9 Å². The Morgan fingerprint density at radius 3 is 2.35 bits per heavy atom. The molecule has 6 rings (SSSR count). The van der Waals surface area contributed by atoms with Gasteiger partial charge in [0.05, 0.1) is 6.33 Å². The van der Waals surface area contributed by atoms with Crippen molar-refractivity contribution in [3.63, 3.8) is 0 Å². The van der Waals surface area contributed by atoms with Crippen molar-refractivity contribution in [2.24, 2.45) is 0 Å². The maximum Gasteiger partial charge on any atom is 0.251 e. The second-order valence-corrected chi connectivity index (χ2v) is 9.26. The van der Waals surface area contributed by atoms with Gasteiger partial charge in [-0.2, -0.15) is 0 Å². The molecule has 7 nitrogen and oxygen atoms in total. The van der Waals surface area contributed by atoms with Gasteiger partial charge in [-0.25, -0.2) is 15.0 Å². The maximum atomic E-state index is 12.3. The van der Waals surface area contributed by atoms with Crippen LogP contribution < -0.4 is 10.6 Å². The Kier molecular flexibility index (Phi) is 4.62. The number of anilines is 1. The number of imidazole rings is 1. The van der Waals surface area contributed by atoms with E-state index < -0.39 is 0 Å². The van der Waals surface area contributed by atoms with Gasteiger partial charge in [-0.3, -0.25) is 4.79 Å². The first-order chi connectivity index (χ1) is 15.2. The monoisotopic (exact) mass is 416 g/mol. The third-order valence-corrected chi connectivity index (χ3v) is 6.63. The van der Waals surface area contributed by atoms with Gasteiger partial charge in [0, 0.05) is 29.3 Å². The smallest absolute Gasteiger partial charge is 0.251 e. The van der Waals surface area contributed by atoms with Crippen molar-refractivity contribution in [2.75, 3.05) is 5.32 Å². The third kappa shape index (κ3) is 3.89. The number of nitrogens with one attached hydrogen (secondary N) is 2. The Labute approximate surface area is 181 Å². The van der Waals surface area contributed by atoms with Gasteiger partial charge in [-0.15, -0.1) is 0 Å². The van der Waals surface area contributed by atoms with Crippen LogP contribution in [-0.4, -0.2) is 37.5 Å². The number of amides is 1. The Hall–Kier alpha value is -2.96. The van der Waals surface area contributed by atoms with E-state index in [9.17, 15) is 4.79 Å². The van der Waals surface area contributed by atoms with E-state index in [2.05, 4.69) is 15.2 Å². The topological polar surface area (TPSA) is 84.7 Å². The van der Waals surface area contributed by atoms with Crippen molar-refractivity contribution in [3.8, 4) is 11.4 Å². The third-order valence-electron chi connectivity index (χ3n) is 6.63. The summed E-state index contributed by atoms with van der Waals surface area (Å²) in [6.07, 6.45) is 12.7. The molecule has 2 aromatic heterocycles. The number of carbonyl (C=O) groups excluding carboxylic acids is 1. The van der Waals surface area contributed by atoms with E-state index in [-0.39, 0.29) is 5.91 Å². The molecular formula is C24H28N6O. The average molecular weight is 417 g/mol. The van der Waals surface area contributed by atoms with Crippen LogP contribution >= 0.6 is 0 Å². The average Bonchev–Trinajstić information content (AvgIpc) is 3.74. The van der Waals surface area contributed by atoms with Gasteiger partial charge in [0.15, 0.2) is 17.3 Å². The number of nitrogens with zero attached hydrogens (tertiary/aromatic N) is 4. The van der Waals surface area contributed by atoms with Gasteiger partial charge < -0.3 is 15.2 Å². The Morgan fingerprint density at radius 1 is 0.903 bits per heavy atom. The van der Waals surface area contributed by atoms with E-state index in [1.165, 1.54) is 44.9 Å². The molecule has 1 amide bonds. The van der Waals surface area contributed by atoms with E-state index >= 15 is 0 Å². The molecule has 31 heavy (non-hydrogen) atoms. The van der Waals surface area contributed by atoms with E-state index in [1.807, 2.05) is 30.6 Å². The molecule has 0 aliphatic heterocycles. The van der Waals surface area contributed by atoms with E-state index in [4.69, 9.17) is 15.0 Å². The molecule has 0 radical (unpaired) electrons. The lowest BCUT2D eigenvalue weighted by Crippen LogP contribution is -2.25. The van der Waals surface area contributed by atoms with E-state index in [0.717, 1.165) is 35.4 Å². The summed E-state index contributed by atoms with van der Waals surface area (Å²) >= 11 is 0. The summed E-state index contributed by atoms with van der Waals surface area (Å²) in [5, 5.41) is 6.59. The molecule has 0 saturated heterocycles. The van der Waals surface area contributed by atoms with Gasteiger partial charge in [-0.05, 0) is 50.7 Å².